The van der Waals surface area contributed by atoms with Crippen molar-refractivity contribution >= 4 is 11.8 Å². The molecular weight excluding hydrogens is 362 g/mol. The molecule has 1 saturated heterocycles. The number of hydrogen-bond acceptors (Lipinski definition) is 3. The summed E-state index contributed by atoms with van der Waals surface area (Å²) in [4.78, 5) is 5.23. The highest BCUT2D eigenvalue weighted by Crippen LogP contribution is 2.32. The summed E-state index contributed by atoms with van der Waals surface area (Å²) in [6, 6.07) is 30.4. The number of likely N-dealkylation sites (tertiary alicyclic amines) is 1. The summed E-state index contributed by atoms with van der Waals surface area (Å²) in [7, 11) is 0. The van der Waals surface area contributed by atoms with Gasteiger partial charge >= 0.3 is 0 Å². The average Bonchev–Trinajstić information content (AvgIpc) is 3.18. The number of nitrogens with zero attached hydrogens (tertiary/aromatic N) is 1. The zero-order chi connectivity index (χ0) is 19.0. The Kier molecular flexibility index (Phi) is 6.82. The maximum atomic E-state index is 6.05. The minimum absolute atomic E-state index is 0.512. The molecule has 3 aromatic carbocycles. The van der Waals surface area contributed by atoms with Gasteiger partial charge in [0.15, 0.2) is 0 Å². The van der Waals surface area contributed by atoms with Crippen molar-refractivity contribution in [1.82, 2.24) is 4.90 Å². The zero-order valence-corrected chi connectivity index (χ0v) is 17.0. The standard InChI is InChI=1S/C25H27NOS/c1-3-10-21(11-4-1)19-27-20-23-13-9-17-26(23)18-22-12-7-8-16-25(22)28-24-14-5-2-6-15-24/h1-8,10-12,14-16,23H,9,13,17-20H2/t23-/m0/s1. The van der Waals surface area contributed by atoms with Gasteiger partial charge in [-0.25, -0.2) is 0 Å². The van der Waals surface area contributed by atoms with Crippen LogP contribution in [0.25, 0.3) is 0 Å². The third kappa shape index (κ3) is 5.26. The van der Waals surface area contributed by atoms with Crippen LogP contribution in [0.15, 0.2) is 94.7 Å². The Bertz CT molecular complexity index is 853. The second-order valence-electron chi connectivity index (χ2n) is 7.29. The molecule has 0 bridgehead atoms. The van der Waals surface area contributed by atoms with Crippen LogP contribution in [0.1, 0.15) is 24.0 Å². The Labute approximate surface area is 172 Å². The molecule has 1 heterocycles. The predicted molar refractivity (Wildman–Crippen MR) is 117 cm³/mol. The van der Waals surface area contributed by atoms with Crippen LogP contribution < -0.4 is 0 Å². The molecule has 1 aliphatic heterocycles. The molecule has 28 heavy (non-hydrogen) atoms. The first kappa shape index (κ1) is 19.3. The van der Waals surface area contributed by atoms with E-state index in [1.165, 1.54) is 33.8 Å². The minimum Gasteiger partial charge on any atom is -0.375 e. The van der Waals surface area contributed by atoms with Crippen LogP contribution in [-0.4, -0.2) is 24.1 Å². The second-order valence-corrected chi connectivity index (χ2v) is 8.41. The highest BCUT2D eigenvalue weighted by molar-refractivity contribution is 7.99. The van der Waals surface area contributed by atoms with Crippen molar-refractivity contribution in [3.8, 4) is 0 Å². The van der Waals surface area contributed by atoms with E-state index in [1.807, 2.05) is 17.8 Å². The van der Waals surface area contributed by atoms with E-state index in [2.05, 4.69) is 83.8 Å². The number of ether oxygens (including phenoxy) is 1. The highest BCUT2D eigenvalue weighted by atomic mass is 32.2. The van der Waals surface area contributed by atoms with Crippen LogP contribution in [0.3, 0.4) is 0 Å². The quantitative estimate of drug-likeness (QED) is 0.467. The molecule has 1 atom stereocenters. The van der Waals surface area contributed by atoms with Gasteiger partial charge in [-0.2, -0.15) is 0 Å². The highest BCUT2D eigenvalue weighted by Gasteiger charge is 2.25. The fraction of sp³-hybridized carbons (Fsp3) is 0.280. The van der Waals surface area contributed by atoms with E-state index in [-0.39, 0.29) is 0 Å². The summed E-state index contributed by atoms with van der Waals surface area (Å²) < 4.78 is 6.05. The molecule has 0 spiro atoms. The first-order valence-corrected chi connectivity index (χ1v) is 10.9. The third-order valence-electron chi connectivity index (χ3n) is 5.24. The van der Waals surface area contributed by atoms with Crippen molar-refractivity contribution in [2.45, 2.75) is 41.8 Å². The van der Waals surface area contributed by atoms with Gasteiger partial charge in [-0.15, -0.1) is 0 Å². The maximum Gasteiger partial charge on any atom is 0.0717 e. The molecular formula is C25H27NOS. The fourth-order valence-corrected chi connectivity index (χ4v) is 4.70. The molecule has 0 N–H and O–H groups in total. The van der Waals surface area contributed by atoms with Crippen LogP contribution in [-0.2, 0) is 17.9 Å². The summed E-state index contributed by atoms with van der Waals surface area (Å²) in [5.41, 5.74) is 2.66. The number of benzene rings is 3. The van der Waals surface area contributed by atoms with E-state index >= 15 is 0 Å². The maximum absolute atomic E-state index is 6.05. The smallest absolute Gasteiger partial charge is 0.0717 e. The molecule has 1 fully saturated rings. The minimum atomic E-state index is 0.512. The molecule has 0 aliphatic carbocycles. The Hall–Kier alpha value is -2.07. The van der Waals surface area contributed by atoms with Gasteiger partial charge in [0.05, 0.1) is 13.2 Å². The van der Waals surface area contributed by atoms with Gasteiger partial charge in [0, 0.05) is 22.4 Å². The monoisotopic (exact) mass is 389 g/mol. The Balaban J connectivity index is 1.36. The predicted octanol–water partition coefficient (Wildman–Crippen LogP) is 6.02. The van der Waals surface area contributed by atoms with Crippen molar-refractivity contribution < 1.29 is 4.74 Å². The topological polar surface area (TPSA) is 12.5 Å². The van der Waals surface area contributed by atoms with Crippen molar-refractivity contribution in [2.24, 2.45) is 0 Å². The molecule has 144 valence electrons. The third-order valence-corrected chi connectivity index (χ3v) is 6.36. The molecule has 4 rings (SSSR count). The van der Waals surface area contributed by atoms with Crippen LogP contribution >= 0.6 is 11.8 Å². The van der Waals surface area contributed by atoms with Crippen molar-refractivity contribution in [1.29, 1.82) is 0 Å². The lowest BCUT2D eigenvalue weighted by Gasteiger charge is -2.25. The van der Waals surface area contributed by atoms with Crippen LogP contribution in [0.2, 0.25) is 0 Å². The second kappa shape index (κ2) is 9.92. The first-order chi connectivity index (χ1) is 13.9. The van der Waals surface area contributed by atoms with E-state index in [9.17, 15) is 0 Å². The average molecular weight is 390 g/mol. The summed E-state index contributed by atoms with van der Waals surface area (Å²) in [6.45, 7) is 3.66. The summed E-state index contributed by atoms with van der Waals surface area (Å²) in [5, 5.41) is 0. The van der Waals surface area contributed by atoms with E-state index in [0.29, 0.717) is 12.6 Å². The lowest BCUT2D eigenvalue weighted by atomic mass is 10.2. The van der Waals surface area contributed by atoms with Crippen LogP contribution in [0.4, 0.5) is 0 Å². The van der Waals surface area contributed by atoms with Crippen molar-refractivity contribution in [3.63, 3.8) is 0 Å². The molecule has 3 heteroatoms. The first-order valence-electron chi connectivity index (χ1n) is 10.0. The summed E-state index contributed by atoms with van der Waals surface area (Å²) in [6.07, 6.45) is 2.48. The molecule has 3 aromatic rings. The van der Waals surface area contributed by atoms with Gasteiger partial charge in [0.25, 0.3) is 0 Å². The summed E-state index contributed by atoms with van der Waals surface area (Å²) in [5.74, 6) is 0. The van der Waals surface area contributed by atoms with Gasteiger partial charge in [0.2, 0.25) is 0 Å². The van der Waals surface area contributed by atoms with Gasteiger partial charge < -0.3 is 4.74 Å². The van der Waals surface area contributed by atoms with Gasteiger partial charge in [0.1, 0.15) is 0 Å². The van der Waals surface area contributed by atoms with Crippen LogP contribution in [0.5, 0.6) is 0 Å². The van der Waals surface area contributed by atoms with Gasteiger partial charge in [-0.3, -0.25) is 4.90 Å². The Morgan fingerprint density at radius 3 is 2.39 bits per heavy atom. The van der Waals surface area contributed by atoms with E-state index in [4.69, 9.17) is 4.74 Å². The molecule has 0 unspecified atom stereocenters. The zero-order valence-electron chi connectivity index (χ0n) is 16.2. The molecule has 0 amide bonds. The molecule has 2 nitrogen and oxygen atoms in total. The molecule has 0 aromatic heterocycles. The SMILES string of the molecule is c1ccc(COC[C@@H]2CCCN2Cc2ccccc2Sc2ccccc2)cc1. The largest absolute Gasteiger partial charge is 0.375 e. The van der Waals surface area contributed by atoms with Crippen molar-refractivity contribution in [3.05, 3.63) is 96.1 Å². The Morgan fingerprint density at radius 2 is 1.57 bits per heavy atom. The molecule has 0 saturated carbocycles. The normalized spacial score (nSPS) is 17.1. The summed E-state index contributed by atoms with van der Waals surface area (Å²) >= 11 is 1.86. The van der Waals surface area contributed by atoms with E-state index in [1.54, 1.807) is 0 Å². The van der Waals surface area contributed by atoms with E-state index < -0.39 is 0 Å². The van der Waals surface area contributed by atoms with Crippen LogP contribution in [0, 0.1) is 0 Å². The lowest BCUT2D eigenvalue weighted by Crippen LogP contribution is -2.32. The van der Waals surface area contributed by atoms with E-state index in [0.717, 1.165) is 19.7 Å². The number of rotatable bonds is 8. The van der Waals surface area contributed by atoms with Gasteiger partial charge in [-0.1, -0.05) is 78.5 Å². The molecule has 1 aliphatic rings. The molecule has 0 radical (unpaired) electrons. The van der Waals surface area contributed by atoms with Crippen molar-refractivity contribution in [2.75, 3.05) is 13.2 Å². The number of hydrogen-bond donors (Lipinski definition) is 0. The Morgan fingerprint density at radius 1 is 0.857 bits per heavy atom. The van der Waals surface area contributed by atoms with Gasteiger partial charge in [-0.05, 0) is 48.7 Å². The lowest BCUT2D eigenvalue weighted by molar-refractivity contribution is 0.0641. The fourth-order valence-electron chi connectivity index (χ4n) is 3.75.